The number of para-hydroxylation sites is 1. The lowest BCUT2D eigenvalue weighted by Crippen LogP contribution is -2.15. The Kier molecular flexibility index (Phi) is 3.58. The molecule has 0 bridgehead atoms. The second-order valence-electron chi connectivity index (χ2n) is 5.50. The van der Waals surface area contributed by atoms with E-state index in [4.69, 9.17) is 9.47 Å². The SMILES string of the molecule is COc1ccc2c(c1)-c1ccccc1OC2c1ccc(Br)cc1. The van der Waals surface area contributed by atoms with E-state index in [0.29, 0.717) is 0 Å². The average molecular weight is 367 g/mol. The van der Waals surface area contributed by atoms with Gasteiger partial charge in [0.2, 0.25) is 0 Å². The lowest BCUT2D eigenvalue weighted by atomic mass is 9.89. The maximum absolute atomic E-state index is 6.30. The molecule has 0 aliphatic carbocycles. The van der Waals surface area contributed by atoms with Crippen LogP contribution in [0.4, 0.5) is 0 Å². The number of hydrogen-bond donors (Lipinski definition) is 0. The van der Waals surface area contributed by atoms with Crippen molar-refractivity contribution in [2.45, 2.75) is 6.10 Å². The molecule has 0 radical (unpaired) electrons. The first-order valence-corrected chi connectivity index (χ1v) is 8.25. The maximum Gasteiger partial charge on any atom is 0.149 e. The lowest BCUT2D eigenvalue weighted by molar-refractivity contribution is 0.243. The zero-order chi connectivity index (χ0) is 15.8. The monoisotopic (exact) mass is 366 g/mol. The second-order valence-corrected chi connectivity index (χ2v) is 6.41. The Bertz CT molecular complexity index is 856. The third-order valence-electron chi connectivity index (χ3n) is 4.14. The molecule has 1 heterocycles. The van der Waals surface area contributed by atoms with Gasteiger partial charge in [-0.15, -0.1) is 0 Å². The highest BCUT2D eigenvalue weighted by Crippen LogP contribution is 2.45. The first-order chi connectivity index (χ1) is 11.3. The molecule has 0 saturated carbocycles. The van der Waals surface area contributed by atoms with Crippen LogP contribution in [0.15, 0.2) is 71.2 Å². The van der Waals surface area contributed by atoms with E-state index in [-0.39, 0.29) is 6.10 Å². The van der Waals surface area contributed by atoms with E-state index in [1.807, 2.05) is 36.4 Å². The number of hydrogen-bond acceptors (Lipinski definition) is 2. The van der Waals surface area contributed by atoms with E-state index in [9.17, 15) is 0 Å². The van der Waals surface area contributed by atoms with E-state index in [1.54, 1.807) is 7.11 Å². The highest BCUT2D eigenvalue weighted by Gasteiger charge is 2.27. The summed E-state index contributed by atoms with van der Waals surface area (Å²) in [7, 11) is 1.69. The van der Waals surface area contributed by atoms with E-state index in [1.165, 1.54) is 5.56 Å². The quantitative estimate of drug-likeness (QED) is 0.586. The summed E-state index contributed by atoms with van der Waals surface area (Å²) in [6.07, 6.45) is -0.112. The molecule has 1 unspecified atom stereocenters. The number of rotatable bonds is 2. The number of fused-ring (bicyclic) bond motifs is 3. The number of methoxy groups -OCH3 is 1. The van der Waals surface area contributed by atoms with Crippen LogP contribution in [0.5, 0.6) is 11.5 Å². The van der Waals surface area contributed by atoms with Gasteiger partial charge in [-0.25, -0.2) is 0 Å². The first-order valence-electron chi connectivity index (χ1n) is 7.46. The predicted octanol–water partition coefficient (Wildman–Crippen LogP) is 5.61. The van der Waals surface area contributed by atoms with Gasteiger partial charge >= 0.3 is 0 Å². The first kappa shape index (κ1) is 14.3. The summed E-state index contributed by atoms with van der Waals surface area (Å²) in [5.74, 6) is 1.76. The van der Waals surface area contributed by atoms with E-state index >= 15 is 0 Å². The minimum atomic E-state index is -0.112. The fraction of sp³-hybridized carbons (Fsp3) is 0.100. The van der Waals surface area contributed by atoms with Gasteiger partial charge in [0, 0.05) is 15.6 Å². The van der Waals surface area contributed by atoms with Crippen molar-refractivity contribution in [1.82, 2.24) is 0 Å². The van der Waals surface area contributed by atoms with Gasteiger partial charge in [0.1, 0.15) is 17.6 Å². The normalized spacial score (nSPS) is 15.3. The Morgan fingerprint density at radius 1 is 0.913 bits per heavy atom. The van der Waals surface area contributed by atoms with Gasteiger partial charge in [-0.05, 0) is 41.5 Å². The van der Waals surface area contributed by atoms with Crippen LogP contribution in [0.3, 0.4) is 0 Å². The van der Waals surface area contributed by atoms with Crippen molar-refractivity contribution < 1.29 is 9.47 Å². The van der Waals surface area contributed by atoms with Crippen LogP contribution in [-0.2, 0) is 0 Å². The number of ether oxygens (including phenoxy) is 2. The second kappa shape index (κ2) is 5.74. The summed E-state index contributed by atoms with van der Waals surface area (Å²) < 4.78 is 12.8. The molecule has 3 aromatic rings. The molecular weight excluding hydrogens is 352 g/mol. The molecule has 0 spiro atoms. The van der Waals surface area contributed by atoms with Crippen LogP contribution in [-0.4, -0.2) is 7.11 Å². The van der Waals surface area contributed by atoms with E-state index < -0.39 is 0 Å². The van der Waals surface area contributed by atoms with Crippen molar-refractivity contribution >= 4 is 15.9 Å². The average Bonchev–Trinajstić information content (AvgIpc) is 2.61. The van der Waals surface area contributed by atoms with Crippen molar-refractivity contribution in [3.05, 3.63) is 82.3 Å². The summed E-state index contributed by atoms with van der Waals surface area (Å²) in [4.78, 5) is 0. The molecule has 0 saturated heterocycles. The number of benzene rings is 3. The smallest absolute Gasteiger partial charge is 0.149 e. The molecule has 3 aromatic carbocycles. The highest BCUT2D eigenvalue weighted by atomic mass is 79.9. The van der Waals surface area contributed by atoms with E-state index in [0.717, 1.165) is 32.7 Å². The molecule has 1 aliphatic heterocycles. The summed E-state index contributed by atoms with van der Waals surface area (Å²) >= 11 is 3.49. The molecule has 0 amide bonds. The van der Waals surface area contributed by atoms with Crippen LogP contribution >= 0.6 is 15.9 Å². The number of halogens is 1. The van der Waals surface area contributed by atoms with Gasteiger partial charge < -0.3 is 9.47 Å². The molecule has 0 N–H and O–H groups in total. The standard InChI is InChI=1S/C20H15BrO2/c1-22-15-10-11-17-18(12-15)16-4-2-3-5-19(16)23-20(17)13-6-8-14(21)9-7-13/h2-12,20H,1H3. The van der Waals surface area contributed by atoms with Gasteiger partial charge in [0.25, 0.3) is 0 Å². The zero-order valence-corrected chi connectivity index (χ0v) is 14.2. The van der Waals surface area contributed by atoms with Gasteiger partial charge in [-0.2, -0.15) is 0 Å². The topological polar surface area (TPSA) is 18.5 Å². The molecule has 2 nitrogen and oxygen atoms in total. The summed E-state index contributed by atoms with van der Waals surface area (Å²) in [5, 5.41) is 0. The minimum Gasteiger partial charge on any atom is -0.497 e. The van der Waals surface area contributed by atoms with Crippen LogP contribution in [0.1, 0.15) is 17.2 Å². The fourth-order valence-electron chi connectivity index (χ4n) is 2.99. The molecule has 114 valence electrons. The molecule has 0 aromatic heterocycles. The van der Waals surface area contributed by atoms with Crippen LogP contribution in [0.2, 0.25) is 0 Å². The molecule has 1 aliphatic rings. The summed E-state index contributed by atoms with van der Waals surface area (Å²) in [6, 6.07) is 22.6. The van der Waals surface area contributed by atoms with Crippen LogP contribution < -0.4 is 9.47 Å². The van der Waals surface area contributed by atoms with Crippen molar-refractivity contribution in [2.24, 2.45) is 0 Å². The van der Waals surface area contributed by atoms with Crippen molar-refractivity contribution in [3.8, 4) is 22.6 Å². The molecule has 4 rings (SSSR count). The third-order valence-corrected chi connectivity index (χ3v) is 4.67. The third kappa shape index (κ3) is 2.51. The Hall–Kier alpha value is -2.26. The minimum absolute atomic E-state index is 0.112. The fourth-order valence-corrected chi connectivity index (χ4v) is 3.26. The van der Waals surface area contributed by atoms with Crippen LogP contribution in [0, 0.1) is 0 Å². The zero-order valence-electron chi connectivity index (χ0n) is 12.6. The Balaban J connectivity index is 1.90. The van der Waals surface area contributed by atoms with Gasteiger partial charge in [-0.3, -0.25) is 0 Å². The van der Waals surface area contributed by atoms with Gasteiger partial charge in [0.05, 0.1) is 7.11 Å². The van der Waals surface area contributed by atoms with Crippen molar-refractivity contribution in [3.63, 3.8) is 0 Å². The van der Waals surface area contributed by atoms with Gasteiger partial charge in [0.15, 0.2) is 0 Å². The Morgan fingerprint density at radius 3 is 2.48 bits per heavy atom. The Labute approximate surface area is 143 Å². The highest BCUT2D eigenvalue weighted by molar-refractivity contribution is 9.10. The van der Waals surface area contributed by atoms with Crippen molar-refractivity contribution in [1.29, 1.82) is 0 Å². The molecule has 3 heteroatoms. The molecule has 1 atom stereocenters. The molecule has 23 heavy (non-hydrogen) atoms. The lowest BCUT2D eigenvalue weighted by Gasteiger charge is -2.29. The predicted molar refractivity (Wildman–Crippen MR) is 95.0 cm³/mol. The molecule has 0 fully saturated rings. The summed E-state index contributed by atoms with van der Waals surface area (Å²) in [5.41, 5.74) is 4.56. The van der Waals surface area contributed by atoms with Crippen LogP contribution in [0.25, 0.3) is 11.1 Å². The summed E-state index contributed by atoms with van der Waals surface area (Å²) in [6.45, 7) is 0. The Morgan fingerprint density at radius 2 is 1.70 bits per heavy atom. The maximum atomic E-state index is 6.30. The van der Waals surface area contributed by atoms with Crippen molar-refractivity contribution in [2.75, 3.05) is 7.11 Å². The largest absolute Gasteiger partial charge is 0.497 e. The molecular formula is C20H15BrO2. The van der Waals surface area contributed by atoms with Gasteiger partial charge in [-0.1, -0.05) is 52.3 Å². The van der Waals surface area contributed by atoms with E-state index in [2.05, 4.69) is 46.3 Å².